The van der Waals surface area contributed by atoms with Crippen molar-refractivity contribution in [3.05, 3.63) is 126 Å². The summed E-state index contributed by atoms with van der Waals surface area (Å²) in [5, 5.41) is 2.44. The van der Waals surface area contributed by atoms with Crippen molar-refractivity contribution in [2.75, 3.05) is 0 Å². The van der Waals surface area contributed by atoms with E-state index >= 15 is 0 Å². The Bertz CT molecular complexity index is 1250. The van der Waals surface area contributed by atoms with E-state index in [9.17, 15) is 0 Å². The first kappa shape index (κ1) is 19.5. The zero-order valence-electron chi connectivity index (χ0n) is 17.3. The number of hydrogen-bond acceptors (Lipinski definition) is 1. The van der Waals surface area contributed by atoms with Crippen LogP contribution in [-0.4, -0.2) is 11.5 Å². The average molecular weight is 389 g/mol. The van der Waals surface area contributed by atoms with Crippen LogP contribution in [0.3, 0.4) is 0 Å². The van der Waals surface area contributed by atoms with Gasteiger partial charge in [0, 0.05) is 11.3 Å². The first-order valence-electron chi connectivity index (χ1n) is 10.0. The molecule has 0 atom stereocenters. The molecule has 0 aliphatic rings. The Balaban J connectivity index is 1.75. The SMILES string of the molecule is C=C(/N=C(\N=C(/C)c1ccc2cc(C)ccc2c1)c1ccccc1)c1ccccc1. The molecule has 30 heavy (non-hydrogen) atoms. The van der Waals surface area contributed by atoms with Crippen LogP contribution >= 0.6 is 0 Å². The molecular formula is C28H24N2. The summed E-state index contributed by atoms with van der Waals surface area (Å²) < 4.78 is 0. The molecular weight excluding hydrogens is 364 g/mol. The number of nitrogens with zero attached hydrogens (tertiary/aromatic N) is 2. The third-order valence-electron chi connectivity index (χ3n) is 5.07. The van der Waals surface area contributed by atoms with Crippen molar-refractivity contribution >= 4 is 28.0 Å². The first-order chi connectivity index (χ1) is 14.6. The highest BCUT2D eigenvalue weighted by atomic mass is 14.9. The van der Waals surface area contributed by atoms with E-state index in [1.54, 1.807) is 0 Å². The number of aryl methyl sites for hydroxylation is 1. The highest BCUT2D eigenvalue weighted by molar-refractivity contribution is 6.13. The first-order valence-corrected chi connectivity index (χ1v) is 10.0. The van der Waals surface area contributed by atoms with Crippen molar-refractivity contribution in [2.45, 2.75) is 13.8 Å². The Hall–Kier alpha value is -3.78. The van der Waals surface area contributed by atoms with Crippen molar-refractivity contribution < 1.29 is 0 Å². The highest BCUT2D eigenvalue weighted by Crippen LogP contribution is 2.20. The molecule has 0 saturated heterocycles. The molecule has 0 aliphatic carbocycles. The summed E-state index contributed by atoms with van der Waals surface area (Å²) >= 11 is 0. The predicted molar refractivity (Wildman–Crippen MR) is 129 cm³/mol. The van der Waals surface area contributed by atoms with Crippen LogP contribution in [0.2, 0.25) is 0 Å². The van der Waals surface area contributed by atoms with Gasteiger partial charge >= 0.3 is 0 Å². The predicted octanol–water partition coefficient (Wildman–Crippen LogP) is 7.07. The van der Waals surface area contributed by atoms with E-state index in [1.807, 2.05) is 67.6 Å². The van der Waals surface area contributed by atoms with E-state index < -0.39 is 0 Å². The Morgan fingerprint density at radius 2 is 1.23 bits per heavy atom. The van der Waals surface area contributed by atoms with Crippen LogP contribution in [0.25, 0.3) is 16.5 Å². The number of hydrogen-bond donors (Lipinski definition) is 0. The molecule has 0 aromatic heterocycles. The molecule has 4 aromatic rings. The maximum atomic E-state index is 4.91. The van der Waals surface area contributed by atoms with Crippen LogP contribution in [0, 0.1) is 6.92 Å². The van der Waals surface area contributed by atoms with E-state index in [1.165, 1.54) is 16.3 Å². The quantitative estimate of drug-likeness (QED) is 0.264. The van der Waals surface area contributed by atoms with Gasteiger partial charge in [-0.25, -0.2) is 9.98 Å². The van der Waals surface area contributed by atoms with E-state index in [2.05, 4.69) is 49.9 Å². The molecule has 4 rings (SSSR count). The maximum Gasteiger partial charge on any atom is 0.160 e. The van der Waals surface area contributed by atoms with Gasteiger partial charge in [0.25, 0.3) is 0 Å². The standard InChI is InChI=1S/C28H24N2/c1-20-14-15-27-19-25(16-17-26(27)18-20)22(3)30-28(24-12-8-5-9-13-24)29-21(2)23-10-6-4-7-11-23/h4-19H,2H2,1,3H3/b29-28-,30-22+. The van der Waals surface area contributed by atoms with Gasteiger partial charge in [0.15, 0.2) is 5.84 Å². The van der Waals surface area contributed by atoms with Crippen molar-refractivity contribution in [3.8, 4) is 0 Å². The molecule has 0 aliphatic heterocycles. The lowest BCUT2D eigenvalue weighted by Crippen LogP contribution is -2.04. The summed E-state index contributed by atoms with van der Waals surface area (Å²) in [4.78, 5) is 9.70. The van der Waals surface area contributed by atoms with Gasteiger partial charge in [-0.15, -0.1) is 0 Å². The fraction of sp³-hybridized carbons (Fsp3) is 0.0714. The van der Waals surface area contributed by atoms with Crippen LogP contribution in [0.1, 0.15) is 29.2 Å². The van der Waals surface area contributed by atoms with E-state index in [0.717, 1.165) is 22.4 Å². The fourth-order valence-corrected chi connectivity index (χ4v) is 3.38. The summed E-state index contributed by atoms with van der Waals surface area (Å²) in [7, 11) is 0. The van der Waals surface area contributed by atoms with Crippen LogP contribution in [0.5, 0.6) is 0 Å². The third-order valence-corrected chi connectivity index (χ3v) is 5.07. The van der Waals surface area contributed by atoms with Gasteiger partial charge < -0.3 is 0 Å². The van der Waals surface area contributed by atoms with Crippen LogP contribution < -0.4 is 0 Å². The van der Waals surface area contributed by atoms with Crippen LogP contribution in [0.15, 0.2) is 114 Å². The number of aliphatic imine (C=N–C) groups is 2. The number of fused-ring (bicyclic) bond motifs is 1. The smallest absolute Gasteiger partial charge is 0.160 e. The minimum Gasteiger partial charge on any atom is -0.233 e. The molecule has 0 bridgehead atoms. The fourth-order valence-electron chi connectivity index (χ4n) is 3.38. The van der Waals surface area contributed by atoms with Crippen LogP contribution in [-0.2, 0) is 0 Å². The Kier molecular flexibility index (Phi) is 5.67. The van der Waals surface area contributed by atoms with Crippen molar-refractivity contribution in [1.82, 2.24) is 0 Å². The molecule has 2 nitrogen and oxygen atoms in total. The van der Waals surface area contributed by atoms with Gasteiger partial charge in [-0.2, -0.15) is 0 Å². The molecule has 0 N–H and O–H groups in total. The monoisotopic (exact) mass is 388 g/mol. The van der Waals surface area contributed by atoms with E-state index in [0.29, 0.717) is 11.5 Å². The molecule has 0 heterocycles. The summed E-state index contributed by atoms with van der Waals surface area (Å²) in [6, 6.07) is 33.0. The Morgan fingerprint density at radius 1 is 0.633 bits per heavy atom. The second-order valence-electron chi connectivity index (χ2n) is 7.38. The third kappa shape index (κ3) is 4.44. The van der Waals surface area contributed by atoms with Gasteiger partial charge in [0.05, 0.1) is 5.70 Å². The molecule has 4 aromatic carbocycles. The molecule has 0 fully saturated rings. The maximum absolute atomic E-state index is 4.91. The van der Waals surface area contributed by atoms with Gasteiger partial charge in [-0.05, 0) is 41.8 Å². The zero-order chi connectivity index (χ0) is 20.9. The zero-order valence-corrected chi connectivity index (χ0v) is 17.3. The van der Waals surface area contributed by atoms with E-state index in [-0.39, 0.29) is 0 Å². The number of rotatable bonds is 4. The van der Waals surface area contributed by atoms with Crippen molar-refractivity contribution in [2.24, 2.45) is 9.98 Å². The minimum absolute atomic E-state index is 0.658. The summed E-state index contributed by atoms with van der Waals surface area (Å²) in [6.45, 7) is 8.30. The lowest BCUT2D eigenvalue weighted by atomic mass is 10.0. The topological polar surface area (TPSA) is 24.7 Å². The number of amidine groups is 1. The molecule has 2 heteroatoms. The molecule has 0 saturated carbocycles. The molecule has 146 valence electrons. The van der Waals surface area contributed by atoms with E-state index in [4.69, 9.17) is 9.98 Å². The summed E-state index contributed by atoms with van der Waals surface area (Å²) in [5.41, 5.74) is 5.91. The molecule has 0 radical (unpaired) electrons. The van der Waals surface area contributed by atoms with Crippen LogP contribution in [0.4, 0.5) is 0 Å². The largest absolute Gasteiger partial charge is 0.233 e. The lowest BCUT2D eigenvalue weighted by Gasteiger charge is -2.08. The van der Waals surface area contributed by atoms with Gasteiger partial charge in [-0.1, -0.05) is 103 Å². The van der Waals surface area contributed by atoms with Gasteiger partial charge in [0.2, 0.25) is 0 Å². The minimum atomic E-state index is 0.658. The lowest BCUT2D eigenvalue weighted by molar-refractivity contribution is 1.44. The second kappa shape index (κ2) is 8.71. The highest BCUT2D eigenvalue weighted by Gasteiger charge is 2.07. The molecule has 0 unspecified atom stereocenters. The normalized spacial score (nSPS) is 12.2. The average Bonchev–Trinajstić information content (AvgIpc) is 2.79. The van der Waals surface area contributed by atoms with Crippen molar-refractivity contribution in [3.63, 3.8) is 0 Å². The Morgan fingerprint density at radius 3 is 1.93 bits per heavy atom. The van der Waals surface area contributed by atoms with Gasteiger partial charge in [0.1, 0.15) is 0 Å². The molecule has 0 spiro atoms. The molecule has 0 amide bonds. The summed E-state index contributed by atoms with van der Waals surface area (Å²) in [5.74, 6) is 0.658. The second-order valence-corrected chi connectivity index (χ2v) is 7.38. The van der Waals surface area contributed by atoms with Gasteiger partial charge in [-0.3, -0.25) is 0 Å². The Labute approximate surface area is 178 Å². The van der Waals surface area contributed by atoms with Crippen molar-refractivity contribution in [1.29, 1.82) is 0 Å². The number of benzene rings is 4. The summed E-state index contributed by atoms with van der Waals surface area (Å²) in [6.07, 6.45) is 0.